The van der Waals surface area contributed by atoms with Crippen molar-refractivity contribution in [3.8, 4) is 0 Å². The zero-order valence-corrected chi connectivity index (χ0v) is 12.2. The SMILES string of the molecule is O=C(NC1CCCN(c2ccccc2)C1=O)c1cscn1. The van der Waals surface area contributed by atoms with Crippen LogP contribution in [0.4, 0.5) is 5.69 Å². The Kier molecular flexibility index (Phi) is 3.96. The third-order valence-corrected chi connectivity index (χ3v) is 4.06. The molecule has 1 unspecified atom stereocenters. The Bertz CT molecular complexity index is 628. The Morgan fingerprint density at radius 2 is 2.14 bits per heavy atom. The molecule has 3 rings (SSSR count). The molecule has 1 N–H and O–H groups in total. The van der Waals surface area contributed by atoms with E-state index in [1.54, 1.807) is 15.8 Å². The number of thiazole rings is 1. The van der Waals surface area contributed by atoms with Crippen LogP contribution in [0.2, 0.25) is 0 Å². The van der Waals surface area contributed by atoms with E-state index in [2.05, 4.69) is 10.3 Å². The van der Waals surface area contributed by atoms with Gasteiger partial charge in [-0.15, -0.1) is 11.3 Å². The average molecular weight is 301 g/mol. The highest BCUT2D eigenvalue weighted by Gasteiger charge is 2.31. The zero-order valence-electron chi connectivity index (χ0n) is 11.4. The average Bonchev–Trinajstić information content (AvgIpc) is 3.05. The van der Waals surface area contributed by atoms with E-state index in [1.165, 1.54) is 11.3 Å². The van der Waals surface area contributed by atoms with Gasteiger partial charge >= 0.3 is 0 Å². The monoisotopic (exact) mass is 301 g/mol. The van der Waals surface area contributed by atoms with Crippen LogP contribution in [0.1, 0.15) is 23.3 Å². The van der Waals surface area contributed by atoms with Crippen molar-refractivity contribution in [1.29, 1.82) is 0 Å². The number of carbonyl (C=O) groups excluding carboxylic acids is 2. The number of piperidine rings is 1. The van der Waals surface area contributed by atoms with Crippen molar-refractivity contribution in [2.24, 2.45) is 0 Å². The van der Waals surface area contributed by atoms with Gasteiger partial charge in [-0.3, -0.25) is 9.59 Å². The highest BCUT2D eigenvalue weighted by Crippen LogP contribution is 2.20. The number of carbonyl (C=O) groups is 2. The van der Waals surface area contributed by atoms with E-state index < -0.39 is 6.04 Å². The highest BCUT2D eigenvalue weighted by molar-refractivity contribution is 7.07. The van der Waals surface area contributed by atoms with Gasteiger partial charge in [0.15, 0.2) is 0 Å². The Morgan fingerprint density at radius 1 is 1.33 bits per heavy atom. The Balaban J connectivity index is 1.72. The van der Waals surface area contributed by atoms with Crippen LogP contribution in [-0.2, 0) is 4.79 Å². The molecule has 1 atom stereocenters. The van der Waals surface area contributed by atoms with Gasteiger partial charge in [0.1, 0.15) is 11.7 Å². The first-order valence-corrected chi connectivity index (χ1v) is 7.75. The van der Waals surface area contributed by atoms with Gasteiger partial charge in [0, 0.05) is 17.6 Å². The van der Waals surface area contributed by atoms with E-state index in [9.17, 15) is 9.59 Å². The van der Waals surface area contributed by atoms with Gasteiger partial charge in [-0.1, -0.05) is 18.2 Å². The summed E-state index contributed by atoms with van der Waals surface area (Å²) < 4.78 is 0. The van der Waals surface area contributed by atoms with Crippen LogP contribution >= 0.6 is 11.3 Å². The number of anilines is 1. The second kappa shape index (κ2) is 6.05. The molecular formula is C15H15N3O2S. The number of nitrogens with zero attached hydrogens (tertiary/aromatic N) is 2. The molecule has 0 spiro atoms. The highest BCUT2D eigenvalue weighted by atomic mass is 32.1. The molecule has 2 amide bonds. The number of hydrogen-bond acceptors (Lipinski definition) is 4. The predicted octanol–water partition coefficient (Wildman–Crippen LogP) is 2.07. The minimum absolute atomic E-state index is 0.0592. The minimum atomic E-state index is -0.479. The molecule has 1 aromatic carbocycles. The zero-order chi connectivity index (χ0) is 14.7. The number of benzene rings is 1. The summed E-state index contributed by atoms with van der Waals surface area (Å²) in [5.74, 6) is -0.347. The first-order chi connectivity index (χ1) is 10.3. The van der Waals surface area contributed by atoms with E-state index in [-0.39, 0.29) is 11.8 Å². The number of amides is 2. The molecule has 1 aromatic heterocycles. The van der Waals surface area contributed by atoms with Crippen molar-refractivity contribution in [3.63, 3.8) is 0 Å². The number of aromatic nitrogens is 1. The Morgan fingerprint density at radius 3 is 2.86 bits per heavy atom. The second-order valence-electron chi connectivity index (χ2n) is 4.87. The van der Waals surface area contributed by atoms with Gasteiger partial charge in [0.05, 0.1) is 5.51 Å². The van der Waals surface area contributed by atoms with Crippen molar-refractivity contribution in [2.45, 2.75) is 18.9 Å². The van der Waals surface area contributed by atoms with Crippen LogP contribution < -0.4 is 10.2 Å². The van der Waals surface area contributed by atoms with Crippen molar-refractivity contribution in [1.82, 2.24) is 10.3 Å². The van der Waals surface area contributed by atoms with Crippen LogP contribution in [0.5, 0.6) is 0 Å². The second-order valence-corrected chi connectivity index (χ2v) is 5.59. The molecule has 0 saturated carbocycles. The van der Waals surface area contributed by atoms with Crippen LogP contribution in [-0.4, -0.2) is 29.4 Å². The van der Waals surface area contributed by atoms with Gasteiger partial charge in [-0.05, 0) is 25.0 Å². The standard InChI is InChI=1S/C15H15N3O2S/c19-14(13-9-21-10-16-13)17-12-7-4-8-18(15(12)20)11-5-2-1-3-6-11/h1-3,5-6,9-10,12H,4,7-8H2,(H,17,19). The molecule has 21 heavy (non-hydrogen) atoms. The van der Waals surface area contributed by atoms with Crippen molar-refractivity contribution in [3.05, 3.63) is 46.9 Å². The molecule has 1 saturated heterocycles. The van der Waals surface area contributed by atoms with Gasteiger partial charge in [-0.2, -0.15) is 0 Å². The number of para-hydroxylation sites is 1. The summed E-state index contributed by atoms with van der Waals surface area (Å²) in [4.78, 5) is 30.2. The van der Waals surface area contributed by atoms with Crippen LogP contribution in [0.15, 0.2) is 41.2 Å². The fourth-order valence-corrected chi connectivity index (χ4v) is 2.96. The third kappa shape index (κ3) is 2.95. The predicted molar refractivity (Wildman–Crippen MR) is 81.4 cm³/mol. The summed E-state index contributed by atoms with van der Waals surface area (Å²) in [6.45, 7) is 0.686. The number of rotatable bonds is 3. The molecule has 2 aromatic rings. The molecule has 1 fully saturated rings. The van der Waals surface area contributed by atoms with E-state index in [0.29, 0.717) is 18.7 Å². The molecule has 6 heteroatoms. The first kappa shape index (κ1) is 13.8. The number of hydrogen-bond donors (Lipinski definition) is 1. The van der Waals surface area contributed by atoms with Crippen molar-refractivity contribution < 1.29 is 9.59 Å². The van der Waals surface area contributed by atoms with E-state index in [1.807, 2.05) is 30.3 Å². The molecular weight excluding hydrogens is 286 g/mol. The smallest absolute Gasteiger partial charge is 0.271 e. The lowest BCUT2D eigenvalue weighted by molar-refractivity contribution is -0.121. The normalized spacial score (nSPS) is 18.6. The van der Waals surface area contributed by atoms with E-state index in [0.717, 1.165) is 12.1 Å². The third-order valence-electron chi connectivity index (χ3n) is 3.48. The fourth-order valence-electron chi connectivity index (χ4n) is 2.43. The van der Waals surface area contributed by atoms with Crippen molar-refractivity contribution >= 4 is 28.8 Å². The molecule has 2 heterocycles. The van der Waals surface area contributed by atoms with Gasteiger partial charge < -0.3 is 10.2 Å². The lowest BCUT2D eigenvalue weighted by Gasteiger charge is -2.32. The molecule has 0 aliphatic carbocycles. The van der Waals surface area contributed by atoms with Crippen molar-refractivity contribution in [2.75, 3.05) is 11.4 Å². The van der Waals surface area contributed by atoms with Gasteiger partial charge in [0.25, 0.3) is 5.91 Å². The Labute approximate surface area is 126 Å². The lowest BCUT2D eigenvalue weighted by Crippen LogP contribution is -2.52. The van der Waals surface area contributed by atoms with E-state index in [4.69, 9.17) is 0 Å². The molecule has 108 valence electrons. The minimum Gasteiger partial charge on any atom is -0.339 e. The molecule has 0 radical (unpaired) electrons. The molecule has 1 aliphatic rings. The van der Waals surface area contributed by atoms with Gasteiger partial charge in [-0.25, -0.2) is 4.98 Å². The Hall–Kier alpha value is -2.21. The first-order valence-electron chi connectivity index (χ1n) is 6.81. The largest absolute Gasteiger partial charge is 0.339 e. The quantitative estimate of drug-likeness (QED) is 0.944. The molecule has 1 aliphatic heterocycles. The molecule has 0 bridgehead atoms. The fraction of sp³-hybridized carbons (Fsp3) is 0.267. The van der Waals surface area contributed by atoms with Crippen LogP contribution in [0, 0.1) is 0 Å². The van der Waals surface area contributed by atoms with Gasteiger partial charge in [0.2, 0.25) is 5.91 Å². The number of nitrogens with one attached hydrogen (secondary N) is 1. The topological polar surface area (TPSA) is 62.3 Å². The summed E-state index contributed by atoms with van der Waals surface area (Å²) in [6.07, 6.45) is 1.53. The summed E-state index contributed by atoms with van der Waals surface area (Å²) in [5.41, 5.74) is 2.84. The maximum Gasteiger partial charge on any atom is 0.271 e. The van der Waals surface area contributed by atoms with E-state index >= 15 is 0 Å². The van der Waals surface area contributed by atoms with Crippen LogP contribution in [0.25, 0.3) is 0 Å². The summed E-state index contributed by atoms with van der Waals surface area (Å²) in [7, 11) is 0. The van der Waals surface area contributed by atoms with Crippen LogP contribution in [0.3, 0.4) is 0 Å². The molecule has 5 nitrogen and oxygen atoms in total. The lowest BCUT2D eigenvalue weighted by atomic mass is 10.0. The summed E-state index contributed by atoms with van der Waals surface area (Å²) in [6, 6.07) is 9.05. The maximum absolute atomic E-state index is 12.5. The maximum atomic E-state index is 12.5. The summed E-state index contributed by atoms with van der Waals surface area (Å²) in [5, 5.41) is 4.46. The summed E-state index contributed by atoms with van der Waals surface area (Å²) >= 11 is 1.36.